The largest absolute Gasteiger partial charge is 0.368 e. The van der Waals surface area contributed by atoms with Gasteiger partial charge in [-0.2, -0.15) is 0 Å². The summed E-state index contributed by atoms with van der Waals surface area (Å²) in [4.78, 5) is 10.7. The first-order chi connectivity index (χ1) is 5.22. The molecule has 82 valence electrons. The Morgan fingerprint density at radius 3 is 2.15 bits per heavy atom. The summed E-state index contributed by atoms with van der Waals surface area (Å²) in [5.41, 5.74) is 10.4. The van der Waals surface area contributed by atoms with E-state index in [2.05, 4.69) is 12.6 Å². The van der Waals surface area contributed by atoms with Crippen molar-refractivity contribution in [3.63, 3.8) is 0 Å². The Morgan fingerprint density at radius 1 is 1.31 bits per heavy atom. The maximum Gasteiger partial charge on any atom is 0.214 e. The summed E-state index contributed by atoms with van der Waals surface area (Å²) < 4.78 is 5.06. The molecule has 0 saturated heterocycles. The van der Waals surface area contributed by atoms with Gasteiger partial charge < -0.3 is 16.2 Å². The van der Waals surface area contributed by atoms with Gasteiger partial charge in [0, 0.05) is 6.54 Å². The Balaban J connectivity index is -0.000000500. The number of carbonyl (C=O) groups is 1. The van der Waals surface area contributed by atoms with E-state index in [4.69, 9.17) is 16.2 Å². The van der Waals surface area contributed by atoms with Gasteiger partial charge in [0.25, 0.3) is 0 Å². The van der Waals surface area contributed by atoms with Crippen molar-refractivity contribution in [2.45, 2.75) is 12.5 Å². The van der Waals surface area contributed by atoms with Gasteiger partial charge in [0.2, 0.25) is 5.12 Å². The Bertz CT molecular complexity index is 129. The molecule has 4 nitrogen and oxygen atoms in total. The van der Waals surface area contributed by atoms with Crippen LogP contribution in [0.25, 0.3) is 0 Å². The van der Waals surface area contributed by atoms with Gasteiger partial charge in [-0.05, 0) is 13.0 Å². The lowest BCUT2D eigenvalue weighted by Crippen LogP contribution is -2.26. The molecule has 1 unspecified atom stereocenters. The molecular formula is C6H16Cl2N2O2S. The molecular weight excluding hydrogens is 235 g/mol. The Labute approximate surface area is 96.0 Å². The zero-order chi connectivity index (χ0) is 8.69. The molecule has 0 heterocycles. The first-order valence-corrected chi connectivity index (χ1v) is 3.91. The van der Waals surface area contributed by atoms with E-state index >= 15 is 0 Å². The van der Waals surface area contributed by atoms with Gasteiger partial charge in [-0.1, -0.05) is 0 Å². The Hall–Kier alpha value is 0.480. The summed E-state index contributed by atoms with van der Waals surface area (Å²) in [6, 6.07) is 0. The Morgan fingerprint density at radius 2 is 1.85 bits per heavy atom. The van der Waals surface area contributed by atoms with Gasteiger partial charge in [-0.3, -0.25) is 4.79 Å². The lowest BCUT2D eigenvalue weighted by atomic mass is 10.3. The van der Waals surface area contributed by atoms with Crippen molar-refractivity contribution in [2.75, 3.05) is 19.7 Å². The quantitative estimate of drug-likeness (QED) is 0.580. The molecule has 0 spiro atoms. The minimum Gasteiger partial charge on any atom is -0.368 e. The van der Waals surface area contributed by atoms with Crippen molar-refractivity contribution in [2.24, 2.45) is 11.5 Å². The molecule has 0 saturated carbocycles. The van der Waals surface area contributed by atoms with Crippen molar-refractivity contribution in [1.82, 2.24) is 0 Å². The van der Waals surface area contributed by atoms with Gasteiger partial charge in [0.15, 0.2) is 0 Å². The van der Waals surface area contributed by atoms with Crippen LogP contribution in [0.2, 0.25) is 0 Å². The van der Waals surface area contributed by atoms with E-state index in [-0.39, 0.29) is 29.9 Å². The highest BCUT2D eigenvalue weighted by Gasteiger charge is 2.13. The first-order valence-electron chi connectivity index (χ1n) is 3.47. The molecule has 0 radical (unpaired) electrons. The second-order valence-corrected chi connectivity index (χ2v) is 2.50. The maximum atomic E-state index is 10.7. The smallest absolute Gasteiger partial charge is 0.214 e. The number of halogens is 2. The molecule has 0 bridgehead atoms. The van der Waals surface area contributed by atoms with Crippen LogP contribution in [0.1, 0.15) is 6.42 Å². The van der Waals surface area contributed by atoms with Gasteiger partial charge in [-0.15, -0.1) is 37.4 Å². The minimum absolute atomic E-state index is 0. The van der Waals surface area contributed by atoms with Crippen LogP contribution in [0.4, 0.5) is 0 Å². The zero-order valence-electron chi connectivity index (χ0n) is 7.14. The Kier molecular flexibility index (Phi) is 18.4. The van der Waals surface area contributed by atoms with Gasteiger partial charge in [0.1, 0.15) is 6.10 Å². The van der Waals surface area contributed by atoms with E-state index in [9.17, 15) is 4.79 Å². The summed E-state index contributed by atoms with van der Waals surface area (Å²) in [6.45, 7) is 1.20. The van der Waals surface area contributed by atoms with Crippen LogP contribution in [-0.2, 0) is 9.53 Å². The summed E-state index contributed by atoms with van der Waals surface area (Å²) in [5.74, 6) is 0. The van der Waals surface area contributed by atoms with Crippen LogP contribution in [0.5, 0.6) is 0 Å². The fourth-order valence-corrected chi connectivity index (χ4v) is 0.843. The molecule has 0 aromatic heterocycles. The van der Waals surface area contributed by atoms with E-state index in [0.717, 1.165) is 0 Å². The molecule has 1 atom stereocenters. The zero-order valence-corrected chi connectivity index (χ0v) is 9.67. The topological polar surface area (TPSA) is 78.3 Å². The highest BCUT2D eigenvalue weighted by Crippen LogP contribution is 2.00. The summed E-state index contributed by atoms with van der Waals surface area (Å²) >= 11 is 3.64. The van der Waals surface area contributed by atoms with E-state index in [1.165, 1.54) is 0 Å². The second kappa shape index (κ2) is 12.5. The second-order valence-electron chi connectivity index (χ2n) is 2.06. The lowest BCUT2D eigenvalue weighted by molar-refractivity contribution is -0.121. The fraction of sp³-hybridized carbons (Fsp3) is 0.833. The molecule has 0 rings (SSSR count). The average molecular weight is 251 g/mol. The van der Waals surface area contributed by atoms with Crippen molar-refractivity contribution < 1.29 is 9.53 Å². The molecule has 0 aromatic rings. The molecule has 0 fully saturated rings. The summed E-state index contributed by atoms with van der Waals surface area (Å²) in [6.07, 6.45) is 0.00869. The van der Waals surface area contributed by atoms with Crippen molar-refractivity contribution in [1.29, 1.82) is 0 Å². The van der Waals surface area contributed by atoms with Gasteiger partial charge in [-0.25, -0.2) is 0 Å². The molecule has 0 amide bonds. The predicted molar refractivity (Wildman–Crippen MR) is 61.0 cm³/mol. The average Bonchev–Trinajstić information content (AvgIpc) is 1.97. The van der Waals surface area contributed by atoms with Crippen LogP contribution >= 0.6 is 37.4 Å². The molecule has 0 aliphatic carbocycles. The van der Waals surface area contributed by atoms with Crippen molar-refractivity contribution >= 4 is 42.6 Å². The van der Waals surface area contributed by atoms with Crippen LogP contribution in [0.3, 0.4) is 0 Å². The lowest BCUT2D eigenvalue weighted by Gasteiger charge is -2.11. The molecule has 13 heavy (non-hydrogen) atoms. The summed E-state index contributed by atoms with van der Waals surface area (Å²) in [5, 5.41) is -0.288. The number of rotatable bonds is 6. The van der Waals surface area contributed by atoms with Crippen molar-refractivity contribution in [3.05, 3.63) is 0 Å². The number of hydrogen-bond acceptors (Lipinski definition) is 4. The third-order valence-electron chi connectivity index (χ3n) is 1.14. The summed E-state index contributed by atoms with van der Waals surface area (Å²) in [7, 11) is 0. The number of ether oxygens (including phenoxy) is 1. The third kappa shape index (κ3) is 10.4. The van der Waals surface area contributed by atoms with Crippen molar-refractivity contribution in [3.8, 4) is 0 Å². The molecule has 0 aliphatic rings. The number of hydrogen-bond donors (Lipinski definition) is 3. The van der Waals surface area contributed by atoms with E-state index in [1.54, 1.807) is 0 Å². The first kappa shape index (κ1) is 19.1. The monoisotopic (exact) mass is 250 g/mol. The highest BCUT2D eigenvalue weighted by molar-refractivity contribution is 7.96. The predicted octanol–water partition coefficient (Wildman–Crippen LogP) is -0.0209. The van der Waals surface area contributed by atoms with Crippen LogP contribution in [-0.4, -0.2) is 30.9 Å². The molecule has 0 aromatic carbocycles. The molecule has 7 heteroatoms. The van der Waals surface area contributed by atoms with Gasteiger partial charge >= 0.3 is 0 Å². The molecule has 4 N–H and O–H groups in total. The SMILES string of the molecule is Cl.Cl.NCCOC(CCN)C(=O)S. The fourth-order valence-electron chi connectivity index (χ4n) is 0.640. The maximum absolute atomic E-state index is 10.7. The highest BCUT2D eigenvalue weighted by atomic mass is 35.5. The van der Waals surface area contributed by atoms with Crippen LogP contribution in [0, 0.1) is 0 Å². The van der Waals surface area contributed by atoms with E-state index < -0.39 is 6.10 Å². The number of carbonyl (C=O) groups excluding carboxylic acids is 1. The number of nitrogens with two attached hydrogens (primary N) is 2. The normalized spacial score (nSPS) is 11.0. The van der Waals surface area contributed by atoms with Gasteiger partial charge in [0.05, 0.1) is 6.61 Å². The van der Waals surface area contributed by atoms with E-state index in [0.29, 0.717) is 26.1 Å². The standard InChI is InChI=1S/C6H14N2O2S.2ClH/c7-2-1-5(6(9)11)10-4-3-8;;/h5H,1-4,7-8H2,(H,9,11);2*1H. The van der Waals surface area contributed by atoms with Crippen LogP contribution in [0.15, 0.2) is 0 Å². The number of thiol groups is 1. The molecule has 0 aliphatic heterocycles. The van der Waals surface area contributed by atoms with E-state index in [1.807, 2.05) is 0 Å². The van der Waals surface area contributed by atoms with Crippen LogP contribution < -0.4 is 11.5 Å². The third-order valence-corrected chi connectivity index (χ3v) is 1.43. The minimum atomic E-state index is -0.494.